The second-order valence-corrected chi connectivity index (χ2v) is 1.05. The van der Waals surface area contributed by atoms with E-state index in [1.807, 2.05) is 0 Å². The van der Waals surface area contributed by atoms with Gasteiger partial charge in [0.15, 0.2) is 0 Å². The van der Waals surface area contributed by atoms with E-state index in [4.69, 9.17) is 0 Å². The van der Waals surface area contributed by atoms with Gasteiger partial charge in [-0.15, -0.1) is 0 Å². The molecule has 0 saturated heterocycles. The van der Waals surface area contributed by atoms with E-state index in [0.717, 1.165) is 6.08 Å². The molecule has 0 unspecified atom stereocenters. The average molecular weight is 137 g/mol. The van der Waals surface area contributed by atoms with Gasteiger partial charge < -0.3 is 15.6 Å². The van der Waals surface area contributed by atoms with Crippen molar-refractivity contribution in [2.75, 3.05) is 0 Å². The van der Waals surface area contributed by atoms with E-state index in [9.17, 15) is 14.7 Å². The fourth-order valence-corrected chi connectivity index (χ4v) is 0.150. The minimum absolute atomic E-state index is 0. The van der Waals surface area contributed by atoms with Crippen LogP contribution < -0.4 is 40.4 Å². The van der Waals surface area contributed by atoms with Gasteiger partial charge in [0.1, 0.15) is 0 Å². The minimum Gasteiger partial charge on any atom is -0.545 e. The molecular formula is C4H4NNaO3. The average Bonchev–Trinajstić information content (AvgIpc) is 1.61. The Bertz CT molecular complexity index is 127. The van der Waals surface area contributed by atoms with Gasteiger partial charge in [-0.1, -0.05) is 0 Å². The first kappa shape index (κ1) is 11.5. The summed E-state index contributed by atoms with van der Waals surface area (Å²) >= 11 is 0. The number of primary amides is 1. The summed E-state index contributed by atoms with van der Waals surface area (Å²) in [7, 11) is 0. The Hall–Kier alpha value is -0.320. The van der Waals surface area contributed by atoms with Crippen molar-refractivity contribution < 1.29 is 44.3 Å². The summed E-state index contributed by atoms with van der Waals surface area (Å²) in [6.07, 6.45) is 1.29. The molecule has 0 aromatic rings. The van der Waals surface area contributed by atoms with Crippen LogP contribution in [0.5, 0.6) is 0 Å². The summed E-state index contributed by atoms with van der Waals surface area (Å²) in [6.45, 7) is 0. The molecule has 0 atom stereocenters. The van der Waals surface area contributed by atoms with Gasteiger partial charge in [0.2, 0.25) is 5.91 Å². The van der Waals surface area contributed by atoms with Crippen molar-refractivity contribution in [1.82, 2.24) is 0 Å². The number of nitrogens with two attached hydrogens (primary N) is 1. The predicted octanol–water partition coefficient (Wildman–Crippen LogP) is -5.22. The van der Waals surface area contributed by atoms with E-state index in [1.165, 1.54) is 0 Å². The molecule has 0 heterocycles. The van der Waals surface area contributed by atoms with Gasteiger partial charge in [-0.2, -0.15) is 0 Å². The van der Waals surface area contributed by atoms with Crippen LogP contribution in [-0.2, 0) is 9.59 Å². The number of amides is 1. The van der Waals surface area contributed by atoms with Crippen LogP contribution in [0.15, 0.2) is 12.2 Å². The maximum absolute atomic E-state index is 9.75. The summed E-state index contributed by atoms with van der Waals surface area (Å²) in [5.74, 6) is -2.22. The van der Waals surface area contributed by atoms with Crippen LogP contribution in [0.25, 0.3) is 0 Å². The molecule has 5 heteroatoms. The Morgan fingerprint density at radius 3 is 1.89 bits per heavy atom. The van der Waals surface area contributed by atoms with Crippen LogP contribution in [-0.4, -0.2) is 11.9 Å². The number of carboxylic acids is 1. The molecule has 0 aliphatic carbocycles. The summed E-state index contributed by atoms with van der Waals surface area (Å²) < 4.78 is 0. The zero-order valence-corrected chi connectivity index (χ0v) is 6.96. The van der Waals surface area contributed by atoms with E-state index < -0.39 is 11.9 Å². The SMILES string of the molecule is NC(=O)/C=C\C(=O)[O-].[Na+]. The van der Waals surface area contributed by atoms with Gasteiger partial charge >= 0.3 is 29.6 Å². The number of rotatable bonds is 2. The zero-order chi connectivity index (χ0) is 6.57. The Morgan fingerprint density at radius 2 is 1.78 bits per heavy atom. The van der Waals surface area contributed by atoms with E-state index in [2.05, 4.69) is 5.73 Å². The first-order valence-electron chi connectivity index (χ1n) is 1.81. The van der Waals surface area contributed by atoms with E-state index >= 15 is 0 Å². The third-order valence-electron chi connectivity index (χ3n) is 0.384. The summed E-state index contributed by atoms with van der Waals surface area (Å²) in [5, 5.41) is 9.50. The Morgan fingerprint density at radius 1 is 1.33 bits per heavy atom. The molecule has 0 aromatic carbocycles. The smallest absolute Gasteiger partial charge is 0.545 e. The fraction of sp³-hybridized carbons (Fsp3) is 0. The van der Waals surface area contributed by atoms with Gasteiger partial charge in [0, 0.05) is 6.08 Å². The quantitative estimate of drug-likeness (QED) is 0.305. The normalized spacial score (nSPS) is 8.44. The van der Waals surface area contributed by atoms with Crippen LogP contribution in [0.4, 0.5) is 0 Å². The van der Waals surface area contributed by atoms with Crippen molar-refractivity contribution in [1.29, 1.82) is 0 Å². The van der Waals surface area contributed by atoms with Crippen molar-refractivity contribution in [3.63, 3.8) is 0 Å². The largest absolute Gasteiger partial charge is 1.00 e. The molecular weight excluding hydrogens is 133 g/mol. The molecule has 0 spiro atoms. The molecule has 0 fully saturated rings. The molecule has 0 aliphatic heterocycles. The minimum atomic E-state index is -1.43. The molecule has 44 valence electrons. The molecule has 0 aromatic heterocycles. The molecule has 0 saturated carbocycles. The molecule has 0 aliphatic rings. The third kappa shape index (κ3) is 11.3. The van der Waals surface area contributed by atoms with Crippen LogP contribution in [0, 0.1) is 0 Å². The molecule has 0 bridgehead atoms. The standard InChI is InChI=1S/C4H5NO3.Na/c5-3(6)1-2-4(7)8;/h1-2H,(H2,5,6)(H,7,8);/q;+1/p-1/b2-1-;. The second-order valence-electron chi connectivity index (χ2n) is 1.05. The van der Waals surface area contributed by atoms with E-state index in [1.54, 1.807) is 0 Å². The molecule has 0 radical (unpaired) electrons. The topological polar surface area (TPSA) is 83.2 Å². The van der Waals surface area contributed by atoms with E-state index in [-0.39, 0.29) is 29.6 Å². The Labute approximate surface area is 74.0 Å². The molecule has 1 amide bonds. The number of hydrogen-bond acceptors (Lipinski definition) is 3. The van der Waals surface area contributed by atoms with Gasteiger partial charge in [-0.05, 0) is 6.08 Å². The van der Waals surface area contributed by atoms with Crippen LogP contribution in [0.3, 0.4) is 0 Å². The van der Waals surface area contributed by atoms with E-state index in [0.29, 0.717) is 6.08 Å². The second kappa shape index (κ2) is 5.81. The Balaban J connectivity index is 0. The summed E-state index contributed by atoms with van der Waals surface area (Å²) in [4.78, 5) is 19.2. The van der Waals surface area contributed by atoms with Gasteiger partial charge in [-0.3, -0.25) is 4.79 Å². The van der Waals surface area contributed by atoms with Crippen LogP contribution in [0.2, 0.25) is 0 Å². The number of carbonyl (C=O) groups excluding carboxylic acids is 2. The third-order valence-corrected chi connectivity index (χ3v) is 0.384. The fourth-order valence-electron chi connectivity index (χ4n) is 0.150. The number of aliphatic carboxylic acids is 1. The number of hydrogen-bond donors (Lipinski definition) is 1. The van der Waals surface area contributed by atoms with Crippen LogP contribution in [0.1, 0.15) is 0 Å². The molecule has 0 rings (SSSR count). The zero-order valence-electron chi connectivity index (χ0n) is 4.96. The molecule has 2 N–H and O–H groups in total. The van der Waals surface area contributed by atoms with Gasteiger partial charge in [0.05, 0.1) is 5.97 Å². The van der Waals surface area contributed by atoms with Crippen molar-refractivity contribution >= 4 is 11.9 Å². The van der Waals surface area contributed by atoms with Crippen molar-refractivity contribution in [3.05, 3.63) is 12.2 Å². The van der Waals surface area contributed by atoms with Gasteiger partial charge in [0.25, 0.3) is 0 Å². The van der Waals surface area contributed by atoms with Gasteiger partial charge in [-0.25, -0.2) is 0 Å². The maximum Gasteiger partial charge on any atom is 1.00 e. The Kier molecular flexibility index (Phi) is 7.41. The monoisotopic (exact) mass is 137 g/mol. The first-order valence-corrected chi connectivity index (χ1v) is 1.81. The van der Waals surface area contributed by atoms with Crippen molar-refractivity contribution in [2.24, 2.45) is 5.73 Å². The van der Waals surface area contributed by atoms with Crippen molar-refractivity contribution in [2.45, 2.75) is 0 Å². The summed E-state index contributed by atoms with van der Waals surface area (Å²) in [5.41, 5.74) is 4.52. The number of carbonyl (C=O) groups is 2. The first-order chi connectivity index (χ1) is 3.63. The van der Waals surface area contributed by atoms with Crippen LogP contribution >= 0.6 is 0 Å². The predicted molar refractivity (Wildman–Crippen MR) is 23.3 cm³/mol. The molecule has 4 nitrogen and oxygen atoms in total. The van der Waals surface area contributed by atoms with Crippen molar-refractivity contribution in [3.8, 4) is 0 Å². The summed E-state index contributed by atoms with van der Waals surface area (Å²) in [6, 6.07) is 0. The number of carboxylic acid groups (broad SMARTS) is 1. The molecule has 9 heavy (non-hydrogen) atoms. The maximum atomic E-state index is 9.75.